The summed E-state index contributed by atoms with van der Waals surface area (Å²) in [5, 5.41) is 13.3. The van der Waals surface area contributed by atoms with E-state index < -0.39 is 0 Å². The van der Waals surface area contributed by atoms with E-state index in [0.717, 1.165) is 0 Å². The van der Waals surface area contributed by atoms with E-state index in [2.05, 4.69) is 184 Å². The van der Waals surface area contributed by atoms with Gasteiger partial charge in [0.05, 0.1) is 0 Å². The average Bonchev–Trinajstić information content (AvgIpc) is 3.43. The molecular formula is C51H34. The first-order chi connectivity index (χ1) is 25.0. The minimum atomic E-state index is -0.128. The first-order valence-electron chi connectivity index (χ1n) is 18.0. The van der Waals surface area contributed by atoms with Gasteiger partial charge in [-0.1, -0.05) is 166 Å². The Bertz CT molecular complexity index is 3030. The Balaban J connectivity index is 1.02. The molecule has 0 N–H and O–H groups in total. The molecule has 51 heavy (non-hydrogen) atoms. The van der Waals surface area contributed by atoms with Crippen molar-refractivity contribution in [1.29, 1.82) is 0 Å². The molecule has 0 heterocycles. The third-order valence-corrected chi connectivity index (χ3v) is 11.8. The van der Waals surface area contributed by atoms with Gasteiger partial charge in [-0.2, -0.15) is 0 Å². The zero-order valence-corrected chi connectivity index (χ0v) is 28.7. The highest BCUT2D eigenvalue weighted by molar-refractivity contribution is 6.25. The van der Waals surface area contributed by atoms with Crippen LogP contribution in [0.2, 0.25) is 0 Å². The summed E-state index contributed by atoms with van der Waals surface area (Å²) in [4.78, 5) is 0. The van der Waals surface area contributed by atoms with Crippen LogP contribution in [0.1, 0.15) is 25.0 Å². The predicted molar refractivity (Wildman–Crippen MR) is 219 cm³/mol. The smallest absolute Gasteiger partial charge is 0.0165 e. The van der Waals surface area contributed by atoms with Crippen LogP contribution in [0.4, 0.5) is 0 Å². The van der Waals surface area contributed by atoms with Crippen LogP contribution in [-0.2, 0) is 5.41 Å². The highest BCUT2D eigenvalue weighted by atomic mass is 14.4. The molecule has 0 aliphatic heterocycles. The molecule has 0 unspecified atom stereocenters. The average molecular weight is 647 g/mol. The van der Waals surface area contributed by atoms with E-state index in [4.69, 9.17) is 0 Å². The van der Waals surface area contributed by atoms with E-state index >= 15 is 0 Å². The second kappa shape index (κ2) is 10.4. The van der Waals surface area contributed by atoms with Gasteiger partial charge in [0.1, 0.15) is 0 Å². The summed E-state index contributed by atoms with van der Waals surface area (Å²) in [7, 11) is 0. The molecule has 1 aliphatic rings. The molecule has 11 rings (SSSR count). The van der Waals surface area contributed by atoms with E-state index in [1.807, 2.05) is 0 Å². The quantitative estimate of drug-likeness (QED) is 0.168. The molecule has 0 spiro atoms. The van der Waals surface area contributed by atoms with E-state index in [-0.39, 0.29) is 5.41 Å². The van der Waals surface area contributed by atoms with Gasteiger partial charge >= 0.3 is 0 Å². The molecule has 0 fully saturated rings. The lowest BCUT2D eigenvalue weighted by molar-refractivity contribution is 0.667. The van der Waals surface area contributed by atoms with E-state index in [9.17, 15) is 0 Å². The highest BCUT2D eigenvalue weighted by Crippen LogP contribution is 2.55. The van der Waals surface area contributed by atoms with Crippen LogP contribution < -0.4 is 0 Å². The van der Waals surface area contributed by atoms with Gasteiger partial charge in [0, 0.05) is 5.41 Å². The third-order valence-electron chi connectivity index (χ3n) is 11.8. The summed E-state index contributed by atoms with van der Waals surface area (Å²) in [5.74, 6) is 0. The Morgan fingerprint density at radius 3 is 1.57 bits per heavy atom. The zero-order chi connectivity index (χ0) is 33.8. The van der Waals surface area contributed by atoms with E-state index in [0.29, 0.717) is 0 Å². The lowest BCUT2D eigenvalue weighted by Gasteiger charge is -2.24. The molecule has 0 atom stereocenters. The van der Waals surface area contributed by atoms with Crippen molar-refractivity contribution in [2.75, 3.05) is 0 Å². The Morgan fingerprint density at radius 1 is 0.333 bits per heavy atom. The highest BCUT2D eigenvalue weighted by Gasteiger charge is 2.38. The number of rotatable bonds is 3. The van der Waals surface area contributed by atoms with Gasteiger partial charge in [0.25, 0.3) is 0 Å². The van der Waals surface area contributed by atoms with Crippen molar-refractivity contribution in [3.8, 4) is 44.5 Å². The van der Waals surface area contributed by atoms with Crippen molar-refractivity contribution in [2.45, 2.75) is 19.3 Å². The van der Waals surface area contributed by atoms with Crippen LogP contribution >= 0.6 is 0 Å². The molecule has 0 saturated heterocycles. The molecule has 0 saturated carbocycles. The SMILES string of the molecule is CC1(C)c2cc(-c3cccc(-c4cccc(-c5ccc6ccc7cccc8ccc5c6c78)c4)c3)ccc2-c2c1c1ccccc1c1ccccc21. The normalized spacial score (nSPS) is 13.5. The van der Waals surface area contributed by atoms with E-state index in [1.54, 1.807) is 0 Å². The van der Waals surface area contributed by atoms with Crippen molar-refractivity contribution >= 4 is 53.9 Å². The van der Waals surface area contributed by atoms with Crippen LogP contribution in [0.3, 0.4) is 0 Å². The number of benzene rings is 10. The molecule has 0 bridgehead atoms. The Kier molecular flexibility index (Phi) is 5.82. The van der Waals surface area contributed by atoms with Crippen LogP contribution in [-0.4, -0.2) is 0 Å². The molecule has 10 aromatic carbocycles. The first-order valence-corrected chi connectivity index (χ1v) is 18.0. The van der Waals surface area contributed by atoms with Crippen molar-refractivity contribution in [1.82, 2.24) is 0 Å². The summed E-state index contributed by atoms with van der Waals surface area (Å²) in [6.07, 6.45) is 0. The van der Waals surface area contributed by atoms with Crippen molar-refractivity contribution in [3.05, 3.63) is 181 Å². The fraction of sp³-hybridized carbons (Fsp3) is 0.0588. The van der Waals surface area contributed by atoms with Crippen LogP contribution in [0.25, 0.3) is 98.4 Å². The van der Waals surface area contributed by atoms with Crippen molar-refractivity contribution in [2.24, 2.45) is 0 Å². The van der Waals surface area contributed by atoms with Gasteiger partial charge in [-0.3, -0.25) is 0 Å². The summed E-state index contributed by atoms with van der Waals surface area (Å²) < 4.78 is 0. The Labute approximate surface area is 297 Å². The molecule has 238 valence electrons. The fourth-order valence-corrected chi connectivity index (χ4v) is 9.40. The maximum absolute atomic E-state index is 2.46. The van der Waals surface area contributed by atoms with Gasteiger partial charge in [-0.05, 0) is 128 Å². The lowest BCUT2D eigenvalue weighted by atomic mass is 9.78. The van der Waals surface area contributed by atoms with Gasteiger partial charge < -0.3 is 0 Å². The number of hydrogen-bond donors (Lipinski definition) is 0. The Morgan fingerprint density at radius 2 is 0.843 bits per heavy atom. The van der Waals surface area contributed by atoms with Crippen molar-refractivity contribution in [3.63, 3.8) is 0 Å². The minimum Gasteiger partial charge on any atom is -0.0616 e. The van der Waals surface area contributed by atoms with Crippen molar-refractivity contribution < 1.29 is 0 Å². The molecule has 1 aliphatic carbocycles. The standard InChI is InChI=1S/C51H34/c1-51(2)46-30-37(24-27-45(46)49-42-18-5-3-16-40(42)41-17-4-6-19-44(41)50(49)51)35-13-8-12-34(28-35)36-14-9-15-38(29-36)39-25-22-33-21-20-31-10-7-11-32-23-26-43(39)48(33)47(31)32/h3-30H,1-2H3. The second-order valence-electron chi connectivity index (χ2n) is 14.9. The van der Waals surface area contributed by atoms with E-state index in [1.165, 1.54) is 109 Å². The zero-order valence-electron chi connectivity index (χ0n) is 28.7. The molecule has 0 amide bonds. The van der Waals surface area contributed by atoms with Crippen LogP contribution in [0, 0.1) is 0 Å². The first kappa shape index (κ1) is 28.6. The molecule has 0 heteroatoms. The predicted octanol–water partition coefficient (Wildman–Crippen LogP) is 14.2. The van der Waals surface area contributed by atoms with Crippen LogP contribution in [0.15, 0.2) is 170 Å². The molecule has 0 radical (unpaired) electrons. The van der Waals surface area contributed by atoms with Gasteiger partial charge in [-0.25, -0.2) is 0 Å². The van der Waals surface area contributed by atoms with Gasteiger partial charge in [-0.15, -0.1) is 0 Å². The summed E-state index contributed by atoms with van der Waals surface area (Å²) in [6, 6.07) is 63.5. The summed E-state index contributed by atoms with van der Waals surface area (Å²) in [6.45, 7) is 4.81. The topological polar surface area (TPSA) is 0 Å². The second-order valence-corrected chi connectivity index (χ2v) is 14.9. The van der Waals surface area contributed by atoms with Gasteiger partial charge in [0.2, 0.25) is 0 Å². The lowest BCUT2D eigenvalue weighted by Crippen LogP contribution is -2.15. The maximum Gasteiger partial charge on any atom is 0.0165 e. The fourth-order valence-electron chi connectivity index (χ4n) is 9.40. The largest absolute Gasteiger partial charge is 0.0616 e. The van der Waals surface area contributed by atoms with Crippen LogP contribution in [0.5, 0.6) is 0 Å². The third kappa shape index (κ3) is 4.02. The number of hydrogen-bond acceptors (Lipinski definition) is 0. The van der Waals surface area contributed by atoms with Gasteiger partial charge in [0.15, 0.2) is 0 Å². The molecular weight excluding hydrogens is 613 g/mol. The molecule has 10 aromatic rings. The minimum absolute atomic E-state index is 0.128. The molecule has 0 nitrogen and oxygen atoms in total. The Hall–Kier alpha value is -6.24. The number of fused-ring (bicyclic) bond motifs is 8. The summed E-state index contributed by atoms with van der Waals surface area (Å²) >= 11 is 0. The molecule has 0 aromatic heterocycles. The summed E-state index contributed by atoms with van der Waals surface area (Å²) in [5.41, 5.74) is 12.9. The maximum atomic E-state index is 2.46. The monoisotopic (exact) mass is 646 g/mol.